The molecule has 12 nitrogen and oxygen atoms in total. The minimum Gasteiger partial charge on any atom is -0.444 e. The molecule has 0 saturated carbocycles. The van der Waals surface area contributed by atoms with Crippen LogP contribution in [-0.2, 0) is 41.4 Å². The first-order valence-electron chi connectivity index (χ1n) is 15.5. The molecule has 0 heterocycles. The second kappa shape index (κ2) is 19.4. The summed E-state index contributed by atoms with van der Waals surface area (Å²) >= 11 is 0. The van der Waals surface area contributed by atoms with Gasteiger partial charge in [0.2, 0.25) is 11.8 Å². The minimum atomic E-state index is -0.817. The van der Waals surface area contributed by atoms with Crippen LogP contribution in [0.15, 0.2) is 60.7 Å². The second-order valence-corrected chi connectivity index (χ2v) is 12.6. The molecule has 0 radical (unpaired) electrons. The smallest absolute Gasteiger partial charge is 0.408 e. The van der Waals surface area contributed by atoms with Gasteiger partial charge in [0.15, 0.2) is 0 Å². The van der Waals surface area contributed by atoms with Gasteiger partial charge in [0, 0.05) is 25.9 Å². The summed E-state index contributed by atoms with van der Waals surface area (Å²) in [5.74, 6) is -0.700. The molecule has 0 unspecified atom stereocenters. The van der Waals surface area contributed by atoms with Gasteiger partial charge in [-0.1, -0.05) is 60.7 Å². The van der Waals surface area contributed by atoms with Crippen molar-refractivity contribution < 1.29 is 38.1 Å². The molecule has 2 atom stereocenters. The summed E-state index contributed by atoms with van der Waals surface area (Å²) in [6, 6.07) is 17.1. The largest absolute Gasteiger partial charge is 0.444 e. The average Bonchev–Trinajstić information content (AvgIpc) is 2.96. The van der Waals surface area contributed by atoms with Crippen LogP contribution in [0.1, 0.15) is 52.7 Å². The Morgan fingerprint density at radius 1 is 0.565 bits per heavy atom. The number of amides is 4. The van der Waals surface area contributed by atoms with E-state index in [0.717, 1.165) is 11.1 Å². The van der Waals surface area contributed by atoms with Gasteiger partial charge in [0.05, 0.1) is 26.4 Å². The number of ether oxygens (including phenoxy) is 4. The van der Waals surface area contributed by atoms with Crippen LogP contribution < -0.4 is 21.3 Å². The summed E-state index contributed by atoms with van der Waals surface area (Å²) in [6.07, 6.45) is -0.721. The van der Waals surface area contributed by atoms with Crippen molar-refractivity contribution in [3.05, 3.63) is 71.8 Å². The van der Waals surface area contributed by atoms with Crippen LogP contribution in [0.4, 0.5) is 9.59 Å². The van der Waals surface area contributed by atoms with Crippen molar-refractivity contribution in [2.45, 2.75) is 77.7 Å². The summed E-state index contributed by atoms with van der Waals surface area (Å²) in [4.78, 5) is 50.4. The van der Waals surface area contributed by atoms with E-state index in [-0.39, 0.29) is 51.3 Å². The van der Waals surface area contributed by atoms with Crippen molar-refractivity contribution >= 4 is 24.0 Å². The van der Waals surface area contributed by atoms with Gasteiger partial charge in [-0.3, -0.25) is 9.59 Å². The fourth-order valence-electron chi connectivity index (χ4n) is 4.08. The highest BCUT2D eigenvalue weighted by Crippen LogP contribution is 2.10. The second-order valence-electron chi connectivity index (χ2n) is 12.6. The Kier molecular flexibility index (Phi) is 16.0. The molecular formula is C34H50N4O8. The Bertz CT molecular complexity index is 1120. The van der Waals surface area contributed by atoms with E-state index in [0.29, 0.717) is 12.8 Å². The van der Waals surface area contributed by atoms with Gasteiger partial charge in [-0.25, -0.2) is 9.59 Å². The van der Waals surface area contributed by atoms with Gasteiger partial charge in [-0.05, 0) is 52.7 Å². The lowest BCUT2D eigenvalue weighted by molar-refractivity contribution is -0.124. The van der Waals surface area contributed by atoms with Crippen LogP contribution in [0.3, 0.4) is 0 Å². The molecule has 2 rings (SSSR count). The van der Waals surface area contributed by atoms with E-state index in [1.165, 1.54) is 0 Å². The number of carbonyl (C=O) groups excluding carboxylic acids is 4. The summed E-state index contributed by atoms with van der Waals surface area (Å²) in [6.45, 7) is 12.1. The first kappa shape index (κ1) is 38.0. The van der Waals surface area contributed by atoms with E-state index in [2.05, 4.69) is 21.3 Å². The van der Waals surface area contributed by atoms with Crippen molar-refractivity contribution in [1.82, 2.24) is 21.3 Å². The monoisotopic (exact) mass is 642 g/mol. The van der Waals surface area contributed by atoms with Crippen molar-refractivity contribution in [3.63, 3.8) is 0 Å². The third kappa shape index (κ3) is 17.4. The van der Waals surface area contributed by atoms with Gasteiger partial charge in [0.25, 0.3) is 0 Å². The number of hydrogen-bond acceptors (Lipinski definition) is 8. The van der Waals surface area contributed by atoms with E-state index in [4.69, 9.17) is 18.9 Å². The molecule has 254 valence electrons. The third-order valence-electron chi connectivity index (χ3n) is 6.04. The van der Waals surface area contributed by atoms with E-state index in [1.54, 1.807) is 41.5 Å². The Morgan fingerprint density at radius 3 is 1.24 bits per heavy atom. The molecule has 0 saturated heterocycles. The molecule has 0 fully saturated rings. The molecule has 0 aliphatic heterocycles. The van der Waals surface area contributed by atoms with E-state index in [1.807, 2.05) is 60.7 Å². The number of nitrogens with one attached hydrogen (secondary N) is 4. The average molecular weight is 643 g/mol. The van der Waals surface area contributed by atoms with Gasteiger partial charge < -0.3 is 40.2 Å². The van der Waals surface area contributed by atoms with Crippen LogP contribution in [0.2, 0.25) is 0 Å². The maximum absolute atomic E-state index is 12.9. The maximum Gasteiger partial charge on any atom is 0.408 e. The highest BCUT2D eigenvalue weighted by atomic mass is 16.6. The lowest BCUT2D eigenvalue weighted by atomic mass is 10.1. The first-order valence-corrected chi connectivity index (χ1v) is 15.5. The Labute approximate surface area is 272 Å². The molecule has 12 heteroatoms. The van der Waals surface area contributed by atoms with Crippen LogP contribution in [0.25, 0.3) is 0 Å². The Balaban J connectivity index is 1.68. The molecule has 0 aliphatic rings. The van der Waals surface area contributed by atoms with Crippen LogP contribution >= 0.6 is 0 Å². The molecule has 2 aromatic rings. The third-order valence-corrected chi connectivity index (χ3v) is 6.04. The van der Waals surface area contributed by atoms with E-state index in [9.17, 15) is 19.2 Å². The lowest BCUT2D eigenvalue weighted by Gasteiger charge is -2.23. The van der Waals surface area contributed by atoms with Gasteiger partial charge in [-0.2, -0.15) is 0 Å². The van der Waals surface area contributed by atoms with Crippen molar-refractivity contribution in [3.8, 4) is 0 Å². The lowest BCUT2D eigenvalue weighted by Crippen LogP contribution is -2.50. The number of rotatable bonds is 17. The quantitative estimate of drug-likeness (QED) is 0.191. The number of hydrogen-bond donors (Lipinski definition) is 4. The zero-order valence-electron chi connectivity index (χ0n) is 27.9. The summed E-state index contributed by atoms with van der Waals surface area (Å²) < 4.78 is 21.7. The number of benzene rings is 2. The van der Waals surface area contributed by atoms with Crippen LogP contribution in [-0.4, -0.2) is 86.8 Å². The maximum atomic E-state index is 12.9. The van der Waals surface area contributed by atoms with E-state index < -0.39 is 35.5 Å². The molecule has 0 aromatic heterocycles. The van der Waals surface area contributed by atoms with Gasteiger partial charge in [0.1, 0.15) is 23.3 Å². The molecule has 2 aromatic carbocycles. The Hall–Kier alpha value is -4.16. The van der Waals surface area contributed by atoms with Gasteiger partial charge in [-0.15, -0.1) is 0 Å². The normalized spacial score (nSPS) is 12.7. The fourth-order valence-corrected chi connectivity index (χ4v) is 4.08. The molecule has 0 spiro atoms. The highest BCUT2D eigenvalue weighted by Gasteiger charge is 2.26. The highest BCUT2D eigenvalue weighted by molar-refractivity contribution is 5.86. The zero-order valence-corrected chi connectivity index (χ0v) is 27.9. The summed E-state index contributed by atoms with van der Waals surface area (Å²) in [7, 11) is 0. The first-order chi connectivity index (χ1) is 21.7. The molecule has 4 amide bonds. The van der Waals surface area contributed by atoms with Gasteiger partial charge >= 0.3 is 12.2 Å². The fraction of sp³-hybridized carbons (Fsp3) is 0.529. The van der Waals surface area contributed by atoms with Crippen molar-refractivity contribution in [2.75, 3.05) is 39.5 Å². The minimum absolute atomic E-state index is 0.240. The van der Waals surface area contributed by atoms with Crippen molar-refractivity contribution in [1.29, 1.82) is 0 Å². The molecule has 0 aliphatic carbocycles. The Morgan fingerprint density at radius 2 is 0.913 bits per heavy atom. The standard InChI is InChI=1S/C34H50N4O8/c1-33(2,3)45-31(41)37-27(23-25-13-9-7-10-14-25)29(39)35-17-19-43-21-22-44-20-18-36-30(40)28(24-26-15-11-8-12-16-26)38-32(42)46-34(4,5)6/h7-16,27-28H,17-24H2,1-6H3,(H,35,39)(H,36,40)(H,37,41)(H,38,42)/t27-,28-/m0/s1. The van der Waals surface area contributed by atoms with Crippen LogP contribution in [0.5, 0.6) is 0 Å². The number of alkyl carbamates (subject to hydrolysis) is 2. The molecular weight excluding hydrogens is 592 g/mol. The molecule has 4 N–H and O–H groups in total. The SMILES string of the molecule is CC(C)(C)OC(=O)N[C@@H](Cc1ccccc1)C(=O)NCCOCCOCCNC(=O)[C@H](Cc1ccccc1)NC(=O)OC(C)(C)C. The summed E-state index contributed by atoms with van der Waals surface area (Å²) in [5.41, 5.74) is 0.412. The topological polar surface area (TPSA) is 153 Å². The zero-order chi connectivity index (χ0) is 34.0. The predicted octanol–water partition coefficient (Wildman–Crippen LogP) is 3.52. The molecule has 46 heavy (non-hydrogen) atoms. The van der Waals surface area contributed by atoms with Crippen LogP contribution in [0, 0.1) is 0 Å². The summed E-state index contributed by atoms with van der Waals surface area (Å²) in [5, 5.41) is 10.9. The predicted molar refractivity (Wildman–Crippen MR) is 174 cm³/mol. The number of carbonyl (C=O) groups is 4. The van der Waals surface area contributed by atoms with Crippen molar-refractivity contribution in [2.24, 2.45) is 0 Å². The van der Waals surface area contributed by atoms with E-state index >= 15 is 0 Å². The molecule has 0 bridgehead atoms.